The lowest BCUT2D eigenvalue weighted by atomic mass is 10.1. The molecule has 2 aromatic carbocycles. The Morgan fingerprint density at radius 3 is 2.58 bits per heavy atom. The lowest BCUT2D eigenvalue weighted by molar-refractivity contribution is 0.0928. The summed E-state index contributed by atoms with van der Waals surface area (Å²) in [6, 6.07) is 15.5. The van der Waals surface area contributed by atoms with E-state index in [1.807, 2.05) is 36.4 Å². The van der Waals surface area contributed by atoms with Crippen LogP contribution >= 0.6 is 11.8 Å². The number of nitrogens with one attached hydrogen (secondary N) is 2. The molecule has 4 rings (SSSR count). The molecule has 0 radical (unpaired) electrons. The van der Waals surface area contributed by atoms with Crippen LogP contribution in [0.1, 0.15) is 23.2 Å². The zero-order valence-electron chi connectivity index (χ0n) is 13.2. The van der Waals surface area contributed by atoms with Crippen molar-refractivity contribution in [3.63, 3.8) is 0 Å². The maximum atomic E-state index is 12.4. The molecule has 4 nitrogen and oxygen atoms in total. The number of phenolic OH excluding ortho intramolecular Hbond substituents is 1. The second-order valence-electron chi connectivity index (χ2n) is 6.53. The van der Waals surface area contributed by atoms with Crippen LogP contribution in [0.15, 0.2) is 58.3 Å². The molecule has 124 valence electrons. The summed E-state index contributed by atoms with van der Waals surface area (Å²) in [6.45, 7) is 1.09. The number of rotatable bonds is 4. The van der Waals surface area contributed by atoms with Gasteiger partial charge in [0.1, 0.15) is 5.75 Å². The number of phenols is 1. The molecule has 3 unspecified atom stereocenters. The maximum absolute atomic E-state index is 12.4. The largest absolute Gasteiger partial charge is 0.507 e. The molecule has 3 atom stereocenters. The SMILES string of the molecule is O=C(NC1CC2CNC1C2)c1ccc(Sc2ccccc2O)cc1. The molecule has 1 aliphatic heterocycles. The highest BCUT2D eigenvalue weighted by molar-refractivity contribution is 7.99. The van der Waals surface area contributed by atoms with Crippen molar-refractivity contribution < 1.29 is 9.90 Å². The Balaban J connectivity index is 1.40. The van der Waals surface area contributed by atoms with Gasteiger partial charge >= 0.3 is 0 Å². The van der Waals surface area contributed by atoms with Crippen LogP contribution in [0.3, 0.4) is 0 Å². The normalized spacial score (nSPS) is 24.9. The van der Waals surface area contributed by atoms with Crippen LogP contribution < -0.4 is 10.6 Å². The molecule has 2 aromatic rings. The molecule has 0 spiro atoms. The number of amides is 1. The van der Waals surface area contributed by atoms with Crippen molar-refractivity contribution in [2.45, 2.75) is 34.7 Å². The molecule has 24 heavy (non-hydrogen) atoms. The molecule has 1 amide bonds. The summed E-state index contributed by atoms with van der Waals surface area (Å²) in [5, 5.41) is 16.5. The first kappa shape index (κ1) is 15.5. The minimum atomic E-state index is -0.00606. The highest BCUT2D eigenvalue weighted by atomic mass is 32.2. The molecule has 1 aliphatic carbocycles. The van der Waals surface area contributed by atoms with E-state index < -0.39 is 0 Å². The van der Waals surface area contributed by atoms with E-state index in [1.54, 1.807) is 12.1 Å². The van der Waals surface area contributed by atoms with Gasteiger partial charge in [-0.15, -0.1) is 0 Å². The van der Waals surface area contributed by atoms with Crippen LogP contribution in [0, 0.1) is 5.92 Å². The first-order valence-electron chi connectivity index (χ1n) is 8.29. The lowest BCUT2D eigenvalue weighted by Gasteiger charge is -2.24. The topological polar surface area (TPSA) is 61.4 Å². The molecule has 2 bridgehead atoms. The van der Waals surface area contributed by atoms with Crippen molar-refractivity contribution in [2.75, 3.05) is 6.54 Å². The molecule has 0 aromatic heterocycles. The van der Waals surface area contributed by atoms with E-state index in [0.717, 1.165) is 28.7 Å². The monoisotopic (exact) mass is 340 g/mol. The van der Waals surface area contributed by atoms with Crippen LogP contribution in [0.2, 0.25) is 0 Å². The summed E-state index contributed by atoms with van der Waals surface area (Å²) in [6.07, 6.45) is 2.27. The smallest absolute Gasteiger partial charge is 0.251 e. The second kappa shape index (κ2) is 6.49. The zero-order valence-corrected chi connectivity index (χ0v) is 14.1. The fourth-order valence-corrected chi connectivity index (χ4v) is 4.45. The Hall–Kier alpha value is -1.98. The summed E-state index contributed by atoms with van der Waals surface area (Å²) in [5.74, 6) is 0.985. The third kappa shape index (κ3) is 3.14. The molecular formula is C19H20N2O2S. The Morgan fingerprint density at radius 1 is 1.12 bits per heavy atom. The average Bonchev–Trinajstić information content (AvgIpc) is 3.20. The number of hydrogen-bond acceptors (Lipinski definition) is 4. The van der Waals surface area contributed by atoms with Crippen molar-refractivity contribution in [3.05, 3.63) is 54.1 Å². The van der Waals surface area contributed by atoms with Crippen LogP contribution in [0.25, 0.3) is 0 Å². The Labute approximate surface area is 145 Å². The highest BCUT2D eigenvalue weighted by Gasteiger charge is 2.39. The summed E-state index contributed by atoms with van der Waals surface area (Å²) < 4.78 is 0. The molecular weight excluding hydrogens is 320 g/mol. The fourth-order valence-electron chi connectivity index (χ4n) is 3.61. The third-order valence-corrected chi connectivity index (χ3v) is 5.93. The maximum Gasteiger partial charge on any atom is 0.251 e. The van der Waals surface area contributed by atoms with E-state index in [2.05, 4.69) is 10.6 Å². The van der Waals surface area contributed by atoms with Gasteiger partial charge in [0, 0.05) is 22.5 Å². The summed E-state index contributed by atoms with van der Waals surface area (Å²) >= 11 is 1.49. The van der Waals surface area contributed by atoms with Crippen LogP contribution in [-0.4, -0.2) is 29.6 Å². The molecule has 5 heteroatoms. The number of carbonyl (C=O) groups is 1. The Kier molecular flexibility index (Phi) is 4.21. The van der Waals surface area contributed by atoms with E-state index in [1.165, 1.54) is 18.2 Å². The quantitative estimate of drug-likeness (QED) is 0.801. The lowest BCUT2D eigenvalue weighted by Crippen LogP contribution is -2.47. The fraction of sp³-hybridized carbons (Fsp3) is 0.316. The molecule has 2 fully saturated rings. The van der Waals surface area contributed by atoms with Crippen molar-refractivity contribution in [1.82, 2.24) is 10.6 Å². The number of aromatic hydroxyl groups is 1. The van der Waals surface area contributed by atoms with Gasteiger partial charge in [0.2, 0.25) is 0 Å². The Morgan fingerprint density at radius 2 is 1.92 bits per heavy atom. The van der Waals surface area contributed by atoms with E-state index in [9.17, 15) is 9.90 Å². The van der Waals surface area contributed by atoms with E-state index in [0.29, 0.717) is 11.6 Å². The number of para-hydroxylation sites is 1. The van der Waals surface area contributed by atoms with Gasteiger partial charge in [-0.25, -0.2) is 0 Å². The molecule has 1 saturated heterocycles. The minimum Gasteiger partial charge on any atom is -0.507 e. The van der Waals surface area contributed by atoms with Gasteiger partial charge in [-0.05, 0) is 61.7 Å². The van der Waals surface area contributed by atoms with Crippen molar-refractivity contribution in [1.29, 1.82) is 0 Å². The van der Waals surface area contributed by atoms with Crippen molar-refractivity contribution in [2.24, 2.45) is 5.92 Å². The zero-order chi connectivity index (χ0) is 16.5. The average molecular weight is 340 g/mol. The van der Waals surface area contributed by atoms with Crippen molar-refractivity contribution >= 4 is 17.7 Å². The number of benzene rings is 2. The van der Waals surface area contributed by atoms with Gasteiger partial charge in [0.15, 0.2) is 0 Å². The standard InChI is InChI=1S/C19H20N2O2S/c22-17-3-1-2-4-18(17)24-14-7-5-13(6-8-14)19(23)21-16-10-12-9-15(16)20-11-12/h1-8,12,15-16,20,22H,9-11H2,(H,21,23). The van der Waals surface area contributed by atoms with Gasteiger partial charge in [-0.2, -0.15) is 0 Å². The second-order valence-corrected chi connectivity index (χ2v) is 7.64. The van der Waals surface area contributed by atoms with Crippen LogP contribution in [0.4, 0.5) is 0 Å². The van der Waals surface area contributed by atoms with E-state index >= 15 is 0 Å². The number of carbonyl (C=O) groups excluding carboxylic acids is 1. The van der Waals surface area contributed by atoms with Gasteiger partial charge in [0.25, 0.3) is 5.91 Å². The van der Waals surface area contributed by atoms with E-state index in [4.69, 9.17) is 0 Å². The highest BCUT2D eigenvalue weighted by Crippen LogP contribution is 2.34. The van der Waals surface area contributed by atoms with Crippen molar-refractivity contribution in [3.8, 4) is 5.75 Å². The van der Waals surface area contributed by atoms with Gasteiger partial charge in [-0.1, -0.05) is 23.9 Å². The third-order valence-electron chi connectivity index (χ3n) is 4.86. The number of piperidine rings is 1. The molecule has 3 N–H and O–H groups in total. The molecule has 2 aliphatic rings. The first-order valence-corrected chi connectivity index (χ1v) is 9.11. The van der Waals surface area contributed by atoms with Gasteiger partial charge in [0.05, 0.1) is 4.90 Å². The number of hydrogen-bond donors (Lipinski definition) is 3. The summed E-state index contributed by atoms with van der Waals surface area (Å²) in [5.41, 5.74) is 0.680. The van der Waals surface area contributed by atoms with Crippen LogP contribution in [0.5, 0.6) is 5.75 Å². The predicted octanol–water partition coefficient (Wildman–Crippen LogP) is 3.02. The molecule has 1 saturated carbocycles. The van der Waals surface area contributed by atoms with Crippen LogP contribution in [-0.2, 0) is 0 Å². The summed E-state index contributed by atoms with van der Waals surface area (Å²) in [7, 11) is 0. The first-order chi connectivity index (χ1) is 11.7. The van der Waals surface area contributed by atoms with E-state index in [-0.39, 0.29) is 17.7 Å². The predicted molar refractivity (Wildman–Crippen MR) is 94.4 cm³/mol. The van der Waals surface area contributed by atoms with Gasteiger partial charge in [-0.3, -0.25) is 4.79 Å². The number of fused-ring (bicyclic) bond motifs is 2. The Bertz CT molecular complexity index is 747. The molecule has 1 heterocycles. The van der Waals surface area contributed by atoms with Gasteiger partial charge < -0.3 is 15.7 Å². The minimum absolute atomic E-state index is 0.00606. The summed E-state index contributed by atoms with van der Waals surface area (Å²) in [4.78, 5) is 14.2.